The number of pyridine rings is 1. The zero-order valence-electron chi connectivity index (χ0n) is 18.0. The van der Waals surface area contributed by atoms with Crippen molar-refractivity contribution in [2.45, 2.75) is 4.90 Å². The second kappa shape index (κ2) is 10.5. The summed E-state index contributed by atoms with van der Waals surface area (Å²) in [5.74, 6) is 0. The molecular formula is C22H20ClN3O6S2. The smallest absolute Gasteiger partial charge is 0.276 e. The highest BCUT2D eigenvalue weighted by Gasteiger charge is 2.17. The first kappa shape index (κ1) is 25.5. The first-order valence-corrected chi connectivity index (χ1v) is 12.8. The number of para-hydroxylation sites is 2. The van der Waals surface area contributed by atoms with E-state index in [1.165, 1.54) is 24.3 Å². The van der Waals surface area contributed by atoms with Crippen molar-refractivity contribution in [1.29, 1.82) is 0 Å². The Morgan fingerprint density at radius 2 is 1.38 bits per heavy atom. The third kappa shape index (κ3) is 6.07. The molecule has 178 valence electrons. The summed E-state index contributed by atoms with van der Waals surface area (Å²) in [5.41, 5.74) is 2.91. The van der Waals surface area contributed by atoms with Crippen molar-refractivity contribution in [3.8, 4) is 0 Å². The topological polar surface area (TPSA) is 129 Å². The fourth-order valence-electron chi connectivity index (χ4n) is 3.23. The Bertz CT molecular complexity index is 1520. The van der Waals surface area contributed by atoms with Gasteiger partial charge in [-0.1, -0.05) is 35.9 Å². The van der Waals surface area contributed by atoms with Crippen molar-refractivity contribution >= 4 is 60.0 Å². The third-order valence-corrected chi connectivity index (χ3v) is 6.70. The summed E-state index contributed by atoms with van der Waals surface area (Å²) in [6.07, 6.45) is 1.55. The van der Waals surface area contributed by atoms with Gasteiger partial charge in [0, 0.05) is 22.7 Å². The fraction of sp³-hybridized carbons (Fsp3) is 0.0909. The van der Waals surface area contributed by atoms with Gasteiger partial charge in [0.15, 0.2) is 0 Å². The zero-order valence-corrected chi connectivity index (χ0v) is 20.4. The number of nitrogens with zero attached hydrogens (tertiary/aromatic N) is 2. The summed E-state index contributed by atoms with van der Waals surface area (Å²) in [6.45, 7) is 0. The van der Waals surface area contributed by atoms with Crippen LogP contribution < -0.4 is 9.40 Å². The number of halogens is 1. The number of hydrogen-bond acceptors (Lipinski definition) is 7. The molecule has 1 aromatic heterocycles. The number of aromatic nitrogens is 1. The van der Waals surface area contributed by atoms with Crippen molar-refractivity contribution in [3.63, 3.8) is 0 Å². The molecule has 0 unspecified atom stereocenters. The number of sulfonamides is 1. The maximum absolute atomic E-state index is 12.4. The predicted molar refractivity (Wildman–Crippen MR) is 129 cm³/mol. The highest BCUT2D eigenvalue weighted by atomic mass is 35.5. The molecule has 4 rings (SSSR count). The van der Waals surface area contributed by atoms with Gasteiger partial charge in [0.1, 0.15) is 7.05 Å². The quantitative estimate of drug-likeness (QED) is 0.107. The molecule has 0 aliphatic rings. The van der Waals surface area contributed by atoms with Crippen molar-refractivity contribution < 1.29 is 30.1 Å². The van der Waals surface area contributed by atoms with Crippen LogP contribution >= 0.6 is 11.6 Å². The molecule has 9 nitrogen and oxygen atoms in total. The van der Waals surface area contributed by atoms with Crippen molar-refractivity contribution in [1.82, 2.24) is 4.83 Å². The summed E-state index contributed by atoms with van der Waals surface area (Å²) >= 11 is 5.82. The van der Waals surface area contributed by atoms with E-state index in [0.29, 0.717) is 5.02 Å². The van der Waals surface area contributed by atoms with E-state index >= 15 is 0 Å². The maximum Gasteiger partial charge on any atom is 0.276 e. The van der Waals surface area contributed by atoms with Crippen LogP contribution in [0.4, 0.5) is 0 Å². The minimum atomic E-state index is -4.41. The molecule has 0 spiro atoms. The first-order chi connectivity index (χ1) is 16.0. The molecule has 0 aliphatic carbocycles. The van der Waals surface area contributed by atoms with E-state index in [1.807, 2.05) is 55.6 Å². The molecule has 0 bridgehead atoms. The van der Waals surface area contributed by atoms with Gasteiger partial charge in [-0.15, -0.1) is 0 Å². The fourth-order valence-corrected chi connectivity index (χ4v) is 4.15. The van der Waals surface area contributed by atoms with Crippen LogP contribution in [-0.4, -0.2) is 34.7 Å². The van der Waals surface area contributed by atoms with Crippen LogP contribution in [0.5, 0.6) is 0 Å². The summed E-state index contributed by atoms with van der Waals surface area (Å²) in [5, 5.41) is 6.48. The van der Waals surface area contributed by atoms with Crippen molar-refractivity contribution in [2.24, 2.45) is 12.1 Å². The lowest BCUT2D eigenvalue weighted by molar-refractivity contribution is -0.617. The Morgan fingerprint density at radius 3 is 1.85 bits per heavy atom. The van der Waals surface area contributed by atoms with E-state index in [4.69, 9.17) is 11.6 Å². The van der Waals surface area contributed by atoms with Gasteiger partial charge >= 0.3 is 0 Å². The minimum absolute atomic E-state index is 0.100. The Morgan fingerprint density at radius 1 is 0.912 bits per heavy atom. The molecule has 0 atom stereocenters. The molecule has 0 amide bonds. The molecule has 3 aromatic carbocycles. The van der Waals surface area contributed by atoms with Crippen LogP contribution in [0.3, 0.4) is 0 Å². The monoisotopic (exact) mass is 521 g/mol. The predicted octanol–water partition coefficient (Wildman–Crippen LogP) is 2.88. The third-order valence-electron chi connectivity index (χ3n) is 4.81. The zero-order chi connectivity index (χ0) is 24.9. The van der Waals surface area contributed by atoms with Gasteiger partial charge in [0.05, 0.1) is 29.0 Å². The molecule has 0 aliphatic heterocycles. The molecule has 0 saturated heterocycles. The lowest BCUT2D eigenvalue weighted by Crippen LogP contribution is -2.30. The van der Waals surface area contributed by atoms with Gasteiger partial charge in [0.25, 0.3) is 10.0 Å². The van der Waals surface area contributed by atoms with Gasteiger partial charge < -0.3 is 4.55 Å². The Kier molecular flexibility index (Phi) is 7.85. The molecule has 0 saturated carbocycles. The van der Waals surface area contributed by atoms with E-state index in [-0.39, 0.29) is 4.90 Å². The summed E-state index contributed by atoms with van der Waals surface area (Å²) < 4.78 is 58.0. The summed E-state index contributed by atoms with van der Waals surface area (Å²) in [7, 11) is -5.37. The van der Waals surface area contributed by atoms with Crippen LogP contribution in [0.1, 0.15) is 5.56 Å². The number of aryl methyl sites for hydroxylation is 1. The molecule has 0 radical (unpaired) electrons. The second-order valence-corrected chi connectivity index (χ2v) is 10.1. The van der Waals surface area contributed by atoms with E-state index in [0.717, 1.165) is 34.5 Å². The maximum atomic E-state index is 12.4. The molecular weight excluding hydrogens is 502 g/mol. The molecule has 0 fully saturated rings. The van der Waals surface area contributed by atoms with Crippen LogP contribution in [-0.2, 0) is 31.7 Å². The van der Waals surface area contributed by atoms with Gasteiger partial charge in [-0.05, 0) is 36.4 Å². The van der Waals surface area contributed by atoms with Crippen LogP contribution in [0, 0.1) is 0 Å². The highest BCUT2D eigenvalue weighted by Crippen LogP contribution is 2.23. The SMILES string of the molecule is COS(=O)(=O)[O-].C[n+]1c2ccccc2c(/C=N\NS(=O)(=O)c2ccc(Cl)cc2)c2ccccc21. The number of hydrogen-bond donors (Lipinski definition) is 1. The molecule has 4 aromatic rings. The van der Waals surface area contributed by atoms with Gasteiger partial charge in [-0.2, -0.15) is 18.1 Å². The standard InChI is InChI=1S/C21H16ClN3O2S.CH4O4S/c1-25-20-8-4-2-6-17(20)19(18-7-3-5-9-21(18)25)14-23-24-28(26,27)16-12-10-15(22)11-13-16;1-5-6(2,3)4/h2-14H,1H3;1H3,(H,2,3,4). The summed E-state index contributed by atoms with van der Waals surface area (Å²) in [4.78, 5) is 2.38. The molecule has 12 heteroatoms. The number of hydrazone groups is 1. The van der Waals surface area contributed by atoms with Gasteiger partial charge in [0.2, 0.25) is 21.4 Å². The van der Waals surface area contributed by atoms with Gasteiger partial charge in [-0.3, -0.25) is 4.18 Å². The number of benzene rings is 3. The average Bonchev–Trinajstić information content (AvgIpc) is 2.81. The normalized spacial score (nSPS) is 12.0. The van der Waals surface area contributed by atoms with E-state index in [9.17, 15) is 21.4 Å². The first-order valence-electron chi connectivity index (χ1n) is 9.65. The largest absolute Gasteiger partial charge is 0.726 e. The molecule has 34 heavy (non-hydrogen) atoms. The van der Waals surface area contributed by atoms with Crippen molar-refractivity contribution in [3.05, 3.63) is 83.4 Å². The van der Waals surface area contributed by atoms with Crippen molar-refractivity contribution in [2.75, 3.05) is 7.11 Å². The minimum Gasteiger partial charge on any atom is -0.726 e. The van der Waals surface area contributed by atoms with E-state index in [1.54, 1.807) is 6.21 Å². The number of fused-ring (bicyclic) bond motifs is 2. The molecule has 1 heterocycles. The Labute approximate surface area is 202 Å². The lowest BCUT2D eigenvalue weighted by atomic mass is 10.0. The highest BCUT2D eigenvalue weighted by molar-refractivity contribution is 7.89. The van der Waals surface area contributed by atoms with Crippen LogP contribution in [0.25, 0.3) is 21.8 Å². The summed E-state index contributed by atoms with van der Waals surface area (Å²) in [6, 6.07) is 21.8. The lowest BCUT2D eigenvalue weighted by Gasteiger charge is -2.07. The molecule has 1 N–H and O–H groups in total. The number of nitrogens with one attached hydrogen (secondary N) is 1. The van der Waals surface area contributed by atoms with Crippen LogP contribution in [0.2, 0.25) is 5.02 Å². The Hall–Kier alpha value is -3.09. The second-order valence-electron chi connectivity index (χ2n) is 6.89. The van der Waals surface area contributed by atoms with Gasteiger partial charge in [-0.25, -0.2) is 13.2 Å². The Balaban J connectivity index is 0.000000481. The van der Waals surface area contributed by atoms with E-state index < -0.39 is 20.4 Å². The number of rotatable bonds is 5. The van der Waals surface area contributed by atoms with Crippen LogP contribution in [0.15, 0.2) is 82.8 Å². The average molecular weight is 522 g/mol. The van der Waals surface area contributed by atoms with E-state index in [2.05, 4.69) is 18.7 Å².